The van der Waals surface area contributed by atoms with Gasteiger partial charge in [-0.25, -0.2) is 9.59 Å². The minimum atomic E-state index is -0.705. The maximum Gasteiger partial charge on any atom is 0.379 e. The summed E-state index contributed by atoms with van der Waals surface area (Å²) in [5, 5.41) is 0. The largest absolute Gasteiger partial charge is 0.497 e. The van der Waals surface area contributed by atoms with E-state index >= 15 is 0 Å². The Morgan fingerprint density at radius 2 is 1.44 bits per heavy atom. The zero-order chi connectivity index (χ0) is 22.3. The third-order valence-electron chi connectivity index (χ3n) is 4.27. The van der Waals surface area contributed by atoms with Gasteiger partial charge in [0.15, 0.2) is 0 Å². The van der Waals surface area contributed by atoms with E-state index in [-0.39, 0.29) is 23.0 Å². The van der Waals surface area contributed by atoms with Crippen molar-refractivity contribution in [2.24, 2.45) is 4.99 Å². The van der Waals surface area contributed by atoms with E-state index in [4.69, 9.17) is 23.0 Å². The van der Waals surface area contributed by atoms with E-state index in [9.17, 15) is 9.59 Å². The van der Waals surface area contributed by atoms with Gasteiger partial charge in [0.1, 0.15) is 17.2 Å². The zero-order valence-electron chi connectivity index (χ0n) is 16.9. The highest BCUT2D eigenvalue weighted by molar-refractivity contribution is 5.92. The third kappa shape index (κ3) is 4.93. The van der Waals surface area contributed by atoms with Crippen molar-refractivity contribution >= 4 is 23.8 Å². The number of ether oxygens (including phenoxy) is 3. The Morgan fingerprint density at radius 1 is 0.812 bits per heavy atom. The molecule has 8 heteroatoms. The van der Waals surface area contributed by atoms with Crippen molar-refractivity contribution < 1.29 is 32.6 Å². The predicted octanol–water partition coefficient (Wildman–Crippen LogP) is 5.07. The number of nitrogens with zero attached hydrogens (tertiary/aromatic N) is 1. The highest BCUT2D eigenvalue weighted by Crippen LogP contribution is 2.27. The zero-order valence-corrected chi connectivity index (χ0v) is 16.9. The number of methoxy groups -OCH3 is 1. The molecule has 0 bridgehead atoms. The Hall–Kier alpha value is -4.59. The molecule has 0 unspecified atom stereocenters. The van der Waals surface area contributed by atoms with Gasteiger partial charge in [0.2, 0.25) is 11.5 Å². The Balaban J connectivity index is 1.60. The molecule has 0 atom stereocenters. The minimum absolute atomic E-state index is 0.0287. The lowest BCUT2D eigenvalue weighted by Gasteiger charge is -2.09. The molecule has 0 amide bonds. The number of aliphatic imine (C=N–C) groups is 1. The highest BCUT2D eigenvalue weighted by atomic mass is 16.6. The van der Waals surface area contributed by atoms with E-state index in [1.54, 1.807) is 55.6 Å². The average molecular weight is 431 g/mol. The lowest BCUT2D eigenvalue weighted by molar-refractivity contribution is 0.0698. The van der Waals surface area contributed by atoms with Crippen molar-refractivity contribution in [3.63, 3.8) is 0 Å². The summed E-state index contributed by atoms with van der Waals surface area (Å²) in [6, 6.07) is 17.8. The lowest BCUT2D eigenvalue weighted by atomic mass is 10.2. The fraction of sp³-hybridized carbons (Fsp3) is 0.0417. The Bertz CT molecular complexity index is 1220. The van der Waals surface area contributed by atoms with Crippen molar-refractivity contribution in [1.82, 2.24) is 0 Å². The molecule has 0 saturated carbocycles. The maximum atomic E-state index is 12.4. The van der Waals surface area contributed by atoms with Gasteiger partial charge in [-0.3, -0.25) is 4.99 Å². The van der Waals surface area contributed by atoms with Crippen LogP contribution in [0.1, 0.15) is 26.7 Å². The third-order valence-corrected chi connectivity index (χ3v) is 4.27. The topological polar surface area (TPSA) is 100 Å². The SMILES string of the molecule is COc1ccc(N=Cc2ccc(OC(=O)c3ccco3)cc2OC(=O)c2ccco2)cc1. The molecule has 0 spiro atoms. The van der Waals surface area contributed by atoms with E-state index in [0.29, 0.717) is 17.0 Å². The number of benzene rings is 2. The molecule has 2 heterocycles. The number of carbonyl (C=O) groups excluding carboxylic acids is 2. The van der Waals surface area contributed by atoms with Gasteiger partial charge in [0.05, 0.1) is 25.3 Å². The maximum absolute atomic E-state index is 12.4. The van der Waals surface area contributed by atoms with Crippen LogP contribution in [-0.4, -0.2) is 25.3 Å². The van der Waals surface area contributed by atoms with E-state index in [1.807, 2.05) is 0 Å². The first-order valence-electron chi connectivity index (χ1n) is 9.46. The molecule has 32 heavy (non-hydrogen) atoms. The molecular weight excluding hydrogens is 414 g/mol. The van der Waals surface area contributed by atoms with Gasteiger partial charge in [0.25, 0.3) is 0 Å². The Kier molecular flexibility index (Phi) is 6.12. The van der Waals surface area contributed by atoms with Crippen molar-refractivity contribution in [1.29, 1.82) is 0 Å². The second kappa shape index (κ2) is 9.48. The van der Waals surface area contributed by atoms with Crippen LogP contribution in [0.2, 0.25) is 0 Å². The Labute approximate surface area is 182 Å². The quantitative estimate of drug-likeness (QED) is 0.229. The van der Waals surface area contributed by atoms with Crippen LogP contribution < -0.4 is 14.2 Å². The molecule has 4 aromatic rings. The molecule has 160 valence electrons. The predicted molar refractivity (Wildman–Crippen MR) is 114 cm³/mol. The standard InChI is InChI=1S/C24H17NO7/c1-28-18-10-7-17(8-11-18)25-15-16-6-9-19(31-23(26)20-4-2-12-29-20)14-22(16)32-24(27)21-5-3-13-30-21/h2-15H,1H3. The van der Waals surface area contributed by atoms with Crippen LogP contribution in [0, 0.1) is 0 Å². The fourth-order valence-electron chi connectivity index (χ4n) is 2.68. The molecule has 0 fully saturated rings. The molecule has 0 radical (unpaired) electrons. The number of hydrogen-bond acceptors (Lipinski definition) is 8. The van der Waals surface area contributed by atoms with Crippen molar-refractivity contribution in [2.75, 3.05) is 7.11 Å². The molecule has 0 aliphatic rings. The number of hydrogen-bond donors (Lipinski definition) is 0. The molecule has 0 N–H and O–H groups in total. The van der Waals surface area contributed by atoms with Crippen molar-refractivity contribution in [2.45, 2.75) is 0 Å². The summed E-state index contributed by atoms with van der Waals surface area (Å²) in [7, 11) is 1.58. The summed E-state index contributed by atoms with van der Waals surface area (Å²) >= 11 is 0. The van der Waals surface area contributed by atoms with Gasteiger partial charge in [-0.15, -0.1) is 0 Å². The van der Waals surface area contributed by atoms with Crippen LogP contribution in [-0.2, 0) is 0 Å². The molecule has 0 aliphatic carbocycles. The van der Waals surface area contributed by atoms with E-state index in [2.05, 4.69) is 4.99 Å². The number of carbonyl (C=O) groups is 2. The summed E-state index contributed by atoms with van der Waals surface area (Å²) in [5.74, 6) is -0.310. The van der Waals surface area contributed by atoms with Gasteiger partial charge in [0, 0.05) is 17.8 Å². The molecule has 4 rings (SSSR count). The summed E-state index contributed by atoms with van der Waals surface area (Å²) in [6.45, 7) is 0. The lowest BCUT2D eigenvalue weighted by Crippen LogP contribution is -2.10. The molecule has 8 nitrogen and oxygen atoms in total. The first kappa shape index (κ1) is 20.7. The molecular formula is C24H17NO7. The fourth-order valence-corrected chi connectivity index (χ4v) is 2.68. The summed E-state index contributed by atoms with van der Waals surface area (Å²) in [5.41, 5.74) is 1.15. The van der Waals surface area contributed by atoms with Gasteiger partial charge in [-0.2, -0.15) is 0 Å². The monoisotopic (exact) mass is 431 g/mol. The number of esters is 2. The van der Waals surface area contributed by atoms with E-state index in [0.717, 1.165) is 0 Å². The van der Waals surface area contributed by atoms with Crippen LogP contribution >= 0.6 is 0 Å². The minimum Gasteiger partial charge on any atom is -0.497 e. The second-order valence-electron chi connectivity index (χ2n) is 6.39. The number of furan rings is 2. The summed E-state index contributed by atoms with van der Waals surface area (Å²) < 4.78 is 26.0. The first-order chi connectivity index (χ1) is 15.6. The molecule has 2 aromatic heterocycles. The summed E-state index contributed by atoms with van der Waals surface area (Å²) in [6.07, 6.45) is 4.26. The van der Waals surface area contributed by atoms with Crippen LogP contribution in [0.5, 0.6) is 17.2 Å². The highest BCUT2D eigenvalue weighted by Gasteiger charge is 2.17. The van der Waals surface area contributed by atoms with Crippen LogP contribution in [0.15, 0.2) is 93.1 Å². The summed E-state index contributed by atoms with van der Waals surface area (Å²) in [4.78, 5) is 29.0. The smallest absolute Gasteiger partial charge is 0.379 e. The number of rotatable bonds is 7. The van der Waals surface area contributed by atoms with Crippen LogP contribution in [0.3, 0.4) is 0 Å². The van der Waals surface area contributed by atoms with Gasteiger partial charge in [-0.1, -0.05) is 0 Å². The van der Waals surface area contributed by atoms with E-state index in [1.165, 1.54) is 36.9 Å². The van der Waals surface area contributed by atoms with Gasteiger partial charge >= 0.3 is 11.9 Å². The van der Waals surface area contributed by atoms with Crippen molar-refractivity contribution in [3.8, 4) is 17.2 Å². The molecule has 0 aliphatic heterocycles. The normalized spacial score (nSPS) is 10.8. The van der Waals surface area contributed by atoms with Crippen LogP contribution in [0.25, 0.3) is 0 Å². The second-order valence-corrected chi connectivity index (χ2v) is 6.39. The molecule has 0 saturated heterocycles. The van der Waals surface area contributed by atoms with Gasteiger partial charge < -0.3 is 23.0 Å². The average Bonchev–Trinajstić information content (AvgIpc) is 3.53. The Morgan fingerprint density at radius 3 is 2.03 bits per heavy atom. The van der Waals surface area contributed by atoms with Gasteiger partial charge in [-0.05, 0) is 60.7 Å². The van der Waals surface area contributed by atoms with Crippen molar-refractivity contribution in [3.05, 3.63) is 96.3 Å². The first-order valence-corrected chi connectivity index (χ1v) is 9.46. The van der Waals surface area contributed by atoms with Crippen LogP contribution in [0.4, 0.5) is 5.69 Å². The molecule has 2 aromatic carbocycles. The van der Waals surface area contributed by atoms with E-state index < -0.39 is 11.9 Å².